The van der Waals surface area contributed by atoms with Gasteiger partial charge in [-0.25, -0.2) is 0 Å². The molecule has 0 radical (unpaired) electrons. The summed E-state index contributed by atoms with van der Waals surface area (Å²) in [5.74, 6) is 3.12. The maximum absolute atomic E-state index is 4.41. The highest BCUT2D eigenvalue weighted by molar-refractivity contribution is 5.04. The molecule has 1 aromatic heterocycles. The van der Waals surface area contributed by atoms with Crippen molar-refractivity contribution >= 4 is 0 Å². The van der Waals surface area contributed by atoms with E-state index in [1.807, 2.05) is 0 Å². The highest BCUT2D eigenvalue weighted by atomic mass is 15.3. The van der Waals surface area contributed by atoms with E-state index in [2.05, 4.69) is 47.8 Å². The predicted molar refractivity (Wildman–Crippen MR) is 80.5 cm³/mol. The van der Waals surface area contributed by atoms with Gasteiger partial charge in [0.1, 0.15) is 11.6 Å². The van der Waals surface area contributed by atoms with E-state index in [4.69, 9.17) is 0 Å². The molecule has 1 aliphatic carbocycles. The Balaban J connectivity index is 1.68. The Morgan fingerprint density at radius 3 is 2.85 bits per heavy atom. The summed E-state index contributed by atoms with van der Waals surface area (Å²) in [6.07, 6.45) is 6.21. The largest absolute Gasteiger partial charge is 0.314 e. The lowest BCUT2D eigenvalue weighted by atomic mass is 9.70. The van der Waals surface area contributed by atoms with Crippen LogP contribution in [0.1, 0.15) is 71.1 Å². The standard InChI is InChI=1S/C16H28N4/c1-11-8-13(10-16(3,4)9-11)17-12(2)15-19-18-14-6-5-7-20(14)15/h11-13,17H,5-10H2,1-4H3. The number of hydrogen-bond acceptors (Lipinski definition) is 3. The summed E-state index contributed by atoms with van der Waals surface area (Å²) in [7, 11) is 0. The molecule has 1 saturated carbocycles. The first-order chi connectivity index (χ1) is 9.44. The fourth-order valence-electron chi connectivity index (χ4n) is 4.39. The molecule has 3 atom stereocenters. The van der Waals surface area contributed by atoms with Crippen LogP contribution in [0.25, 0.3) is 0 Å². The van der Waals surface area contributed by atoms with Crippen LogP contribution < -0.4 is 5.32 Å². The van der Waals surface area contributed by atoms with Crippen molar-refractivity contribution in [2.75, 3.05) is 0 Å². The first-order valence-electron chi connectivity index (χ1n) is 8.13. The van der Waals surface area contributed by atoms with Crippen molar-refractivity contribution in [1.82, 2.24) is 20.1 Å². The van der Waals surface area contributed by atoms with Crippen LogP contribution in [0.15, 0.2) is 0 Å². The number of aromatic nitrogens is 3. The monoisotopic (exact) mass is 276 g/mol. The van der Waals surface area contributed by atoms with Crippen LogP contribution in [0.3, 0.4) is 0 Å². The quantitative estimate of drug-likeness (QED) is 0.922. The molecule has 0 bridgehead atoms. The van der Waals surface area contributed by atoms with E-state index < -0.39 is 0 Å². The Labute approximate surface area is 122 Å². The maximum atomic E-state index is 4.41. The summed E-state index contributed by atoms with van der Waals surface area (Å²) < 4.78 is 2.31. The topological polar surface area (TPSA) is 42.7 Å². The molecule has 1 N–H and O–H groups in total. The first-order valence-corrected chi connectivity index (χ1v) is 8.13. The average molecular weight is 276 g/mol. The zero-order valence-corrected chi connectivity index (χ0v) is 13.3. The summed E-state index contributed by atoms with van der Waals surface area (Å²) in [5.41, 5.74) is 0.460. The van der Waals surface area contributed by atoms with Crippen LogP contribution in [0.2, 0.25) is 0 Å². The molecular formula is C16H28N4. The first kappa shape index (κ1) is 14.1. The van der Waals surface area contributed by atoms with E-state index in [9.17, 15) is 0 Å². The van der Waals surface area contributed by atoms with Crippen molar-refractivity contribution in [3.05, 3.63) is 11.6 Å². The number of hydrogen-bond donors (Lipinski definition) is 1. The Bertz CT molecular complexity index is 477. The van der Waals surface area contributed by atoms with Crippen LogP contribution in [-0.2, 0) is 13.0 Å². The third-order valence-electron chi connectivity index (χ3n) is 4.90. The lowest BCUT2D eigenvalue weighted by Crippen LogP contribution is -2.41. The number of aryl methyl sites for hydroxylation is 1. The number of nitrogens with one attached hydrogen (secondary N) is 1. The second-order valence-corrected chi connectivity index (χ2v) is 7.73. The Kier molecular flexibility index (Phi) is 3.61. The molecule has 4 nitrogen and oxygen atoms in total. The summed E-state index contributed by atoms with van der Waals surface area (Å²) >= 11 is 0. The van der Waals surface area contributed by atoms with Crippen LogP contribution >= 0.6 is 0 Å². The Morgan fingerprint density at radius 1 is 1.30 bits per heavy atom. The van der Waals surface area contributed by atoms with Gasteiger partial charge in [0.05, 0.1) is 6.04 Å². The van der Waals surface area contributed by atoms with Gasteiger partial charge in [0, 0.05) is 19.0 Å². The summed E-state index contributed by atoms with van der Waals surface area (Å²) in [4.78, 5) is 0. The van der Waals surface area contributed by atoms with Crippen LogP contribution in [-0.4, -0.2) is 20.8 Å². The van der Waals surface area contributed by atoms with Crippen molar-refractivity contribution in [3.63, 3.8) is 0 Å². The molecule has 112 valence electrons. The molecule has 0 amide bonds. The van der Waals surface area contributed by atoms with Crippen LogP contribution in [0, 0.1) is 11.3 Å². The van der Waals surface area contributed by atoms with E-state index in [1.165, 1.54) is 31.5 Å². The van der Waals surface area contributed by atoms with Crippen molar-refractivity contribution in [3.8, 4) is 0 Å². The molecule has 1 fully saturated rings. The Hall–Kier alpha value is -0.900. The van der Waals surface area contributed by atoms with E-state index in [-0.39, 0.29) is 0 Å². The smallest absolute Gasteiger partial charge is 0.149 e. The fourth-order valence-corrected chi connectivity index (χ4v) is 4.39. The maximum Gasteiger partial charge on any atom is 0.149 e. The van der Waals surface area contributed by atoms with Gasteiger partial charge in [0.15, 0.2) is 0 Å². The zero-order valence-electron chi connectivity index (χ0n) is 13.3. The van der Waals surface area contributed by atoms with Gasteiger partial charge in [-0.15, -0.1) is 10.2 Å². The fraction of sp³-hybridized carbons (Fsp3) is 0.875. The average Bonchev–Trinajstić information content (AvgIpc) is 2.85. The SMILES string of the molecule is CC1CC(NC(C)c2nnc3n2CCC3)CC(C)(C)C1. The summed E-state index contributed by atoms with van der Waals surface area (Å²) in [5, 5.41) is 12.6. The zero-order chi connectivity index (χ0) is 14.3. The summed E-state index contributed by atoms with van der Waals surface area (Å²) in [6, 6.07) is 0.915. The molecule has 4 heteroatoms. The minimum atomic E-state index is 0.306. The molecule has 20 heavy (non-hydrogen) atoms. The van der Waals surface area contributed by atoms with E-state index in [1.54, 1.807) is 0 Å². The van der Waals surface area contributed by atoms with Crippen LogP contribution in [0.5, 0.6) is 0 Å². The minimum Gasteiger partial charge on any atom is -0.314 e. The van der Waals surface area contributed by atoms with E-state index in [0.29, 0.717) is 17.5 Å². The second kappa shape index (κ2) is 5.14. The summed E-state index contributed by atoms with van der Waals surface area (Å²) in [6.45, 7) is 10.5. The third kappa shape index (κ3) is 2.76. The van der Waals surface area contributed by atoms with Gasteiger partial charge in [0.2, 0.25) is 0 Å². The normalized spacial score (nSPS) is 30.2. The van der Waals surface area contributed by atoms with Crippen molar-refractivity contribution in [2.45, 2.75) is 78.4 Å². The van der Waals surface area contributed by atoms with Crippen molar-refractivity contribution in [2.24, 2.45) is 11.3 Å². The highest BCUT2D eigenvalue weighted by Gasteiger charge is 2.33. The molecule has 0 spiro atoms. The molecular weight excluding hydrogens is 248 g/mol. The number of rotatable bonds is 3. The molecule has 1 aromatic rings. The Morgan fingerprint density at radius 2 is 2.10 bits per heavy atom. The van der Waals surface area contributed by atoms with Crippen LogP contribution in [0.4, 0.5) is 0 Å². The molecule has 3 unspecified atom stereocenters. The molecule has 0 aromatic carbocycles. The molecule has 0 saturated heterocycles. The number of fused-ring (bicyclic) bond motifs is 1. The lowest BCUT2D eigenvalue weighted by Gasteiger charge is -2.40. The second-order valence-electron chi connectivity index (χ2n) is 7.73. The van der Waals surface area contributed by atoms with Gasteiger partial charge < -0.3 is 9.88 Å². The van der Waals surface area contributed by atoms with Gasteiger partial charge in [-0.2, -0.15) is 0 Å². The molecule has 3 rings (SSSR count). The minimum absolute atomic E-state index is 0.306. The highest BCUT2D eigenvalue weighted by Crippen LogP contribution is 2.39. The molecule has 2 heterocycles. The van der Waals surface area contributed by atoms with Gasteiger partial charge in [-0.3, -0.25) is 0 Å². The number of nitrogens with zero attached hydrogens (tertiary/aromatic N) is 3. The van der Waals surface area contributed by atoms with Crippen molar-refractivity contribution < 1.29 is 0 Å². The van der Waals surface area contributed by atoms with Gasteiger partial charge >= 0.3 is 0 Å². The third-order valence-corrected chi connectivity index (χ3v) is 4.90. The van der Waals surface area contributed by atoms with Gasteiger partial charge in [0.25, 0.3) is 0 Å². The lowest BCUT2D eigenvalue weighted by molar-refractivity contribution is 0.144. The van der Waals surface area contributed by atoms with E-state index in [0.717, 1.165) is 24.7 Å². The van der Waals surface area contributed by atoms with Gasteiger partial charge in [-0.05, 0) is 43.9 Å². The molecule has 2 aliphatic rings. The van der Waals surface area contributed by atoms with Gasteiger partial charge in [-0.1, -0.05) is 20.8 Å². The predicted octanol–water partition coefficient (Wildman–Crippen LogP) is 3.09. The van der Waals surface area contributed by atoms with Crippen molar-refractivity contribution in [1.29, 1.82) is 0 Å². The molecule has 1 aliphatic heterocycles. The van der Waals surface area contributed by atoms with E-state index >= 15 is 0 Å².